The third-order valence-electron chi connectivity index (χ3n) is 4.43. The molecule has 0 spiro atoms. The van der Waals surface area contributed by atoms with Gasteiger partial charge in [0.15, 0.2) is 11.6 Å². The van der Waals surface area contributed by atoms with Gasteiger partial charge < -0.3 is 19.8 Å². The Balaban J connectivity index is 1.60. The van der Waals surface area contributed by atoms with Crippen molar-refractivity contribution in [3.05, 3.63) is 72.2 Å². The number of benzene rings is 2. The number of hydrogen-bond donors (Lipinski definition) is 1. The molecular formula is C22H23N3O4. The molecule has 0 aliphatic rings. The van der Waals surface area contributed by atoms with Gasteiger partial charge in [-0.05, 0) is 36.2 Å². The topological polar surface area (TPSA) is 96.4 Å². The molecule has 7 heteroatoms. The molecule has 2 aromatic carbocycles. The smallest absolute Gasteiger partial charge is 0.404 e. The molecule has 7 nitrogen and oxygen atoms in total. The van der Waals surface area contributed by atoms with Gasteiger partial charge in [0.1, 0.15) is 12.4 Å². The van der Waals surface area contributed by atoms with Crippen LogP contribution in [0.15, 0.2) is 60.8 Å². The number of amides is 1. The molecule has 1 aromatic heterocycles. The molecule has 29 heavy (non-hydrogen) atoms. The van der Waals surface area contributed by atoms with Crippen LogP contribution >= 0.6 is 0 Å². The predicted molar refractivity (Wildman–Crippen MR) is 109 cm³/mol. The molecule has 0 saturated carbocycles. The summed E-state index contributed by atoms with van der Waals surface area (Å²) in [6.45, 7) is 0.618. The van der Waals surface area contributed by atoms with E-state index < -0.39 is 6.09 Å². The van der Waals surface area contributed by atoms with E-state index in [1.807, 2.05) is 54.6 Å². The summed E-state index contributed by atoms with van der Waals surface area (Å²) in [5.74, 6) is 1.02. The van der Waals surface area contributed by atoms with E-state index in [-0.39, 0.29) is 18.8 Å². The summed E-state index contributed by atoms with van der Waals surface area (Å²) in [5, 5.41) is 0. The number of Topliss-reactive ketones (excluding diaryl/α,β-unsaturated/α-hetero) is 1. The summed E-state index contributed by atoms with van der Waals surface area (Å²) in [4.78, 5) is 27.2. The zero-order valence-electron chi connectivity index (χ0n) is 16.2. The van der Waals surface area contributed by atoms with Gasteiger partial charge in [-0.25, -0.2) is 9.78 Å². The number of aromatic nitrogens is 2. The Labute approximate surface area is 169 Å². The van der Waals surface area contributed by atoms with Crippen LogP contribution in [0.1, 0.15) is 29.0 Å². The number of ether oxygens (including phenoxy) is 2. The molecular weight excluding hydrogens is 370 g/mol. The lowest BCUT2D eigenvalue weighted by molar-refractivity contribution is 0.0950. The minimum atomic E-state index is -0.840. The number of nitrogens with zero attached hydrogens (tertiary/aromatic N) is 2. The maximum atomic E-state index is 12.4. The molecule has 0 unspecified atom stereocenters. The molecule has 0 bridgehead atoms. The predicted octanol–water partition coefficient (Wildman–Crippen LogP) is 3.72. The second-order valence-electron chi connectivity index (χ2n) is 6.52. The third-order valence-corrected chi connectivity index (χ3v) is 4.43. The Morgan fingerprint density at radius 1 is 1.07 bits per heavy atom. The number of carbonyl (C=O) groups excluding carboxylic acids is 2. The number of hydrogen-bond acceptors (Lipinski definition) is 5. The van der Waals surface area contributed by atoms with E-state index in [4.69, 9.17) is 10.5 Å². The van der Waals surface area contributed by atoms with Gasteiger partial charge in [0.05, 0.1) is 18.5 Å². The lowest BCUT2D eigenvalue weighted by Gasteiger charge is -2.09. The zero-order valence-corrected chi connectivity index (χ0v) is 16.2. The van der Waals surface area contributed by atoms with E-state index in [1.54, 1.807) is 17.8 Å². The molecule has 3 aromatic rings. The average Bonchev–Trinajstić information content (AvgIpc) is 3.12. The summed E-state index contributed by atoms with van der Waals surface area (Å²) >= 11 is 0. The standard InChI is InChI=1S/C22H23N3O4/c1-25-19(14-24-21(25)20(26)8-5-13-28-22(23)27)17-9-11-18(12-10-17)29-15-16-6-3-2-4-7-16/h2-4,6-7,9-12,14H,5,8,13,15H2,1H3,(H2,23,27). The molecule has 1 heterocycles. The largest absolute Gasteiger partial charge is 0.489 e. The maximum absolute atomic E-state index is 12.4. The van der Waals surface area contributed by atoms with E-state index >= 15 is 0 Å². The number of ketones is 1. The minimum absolute atomic E-state index is 0.114. The lowest BCUT2D eigenvalue weighted by Crippen LogP contribution is -2.15. The van der Waals surface area contributed by atoms with Crippen LogP contribution in [0.4, 0.5) is 4.79 Å². The van der Waals surface area contributed by atoms with E-state index in [0.717, 1.165) is 22.6 Å². The van der Waals surface area contributed by atoms with Crippen LogP contribution in [-0.2, 0) is 18.4 Å². The van der Waals surface area contributed by atoms with Crippen molar-refractivity contribution >= 4 is 11.9 Å². The highest BCUT2D eigenvalue weighted by molar-refractivity contribution is 5.93. The Morgan fingerprint density at radius 3 is 2.48 bits per heavy atom. The second kappa shape index (κ2) is 9.54. The van der Waals surface area contributed by atoms with Gasteiger partial charge in [0, 0.05) is 19.0 Å². The SMILES string of the molecule is Cn1c(-c2ccc(OCc3ccccc3)cc2)cnc1C(=O)CCCOC(N)=O. The van der Waals surface area contributed by atoms with Crippen molar-refractivity contribution in [1.82, 2.24) is 9.55 Å². The van der Waals surface area contributed by atoms with Crippen LogP contribution in [0.5, 0.6) is 5.75 Å². The maximum Gasteiger partial charge on any atom is 0.404 e. The van der Waals surface area contributed by atoms with Gasteiger partial charge in [0.2, 0.25) is 0 Å². The van der Waals surface area contributed by atoms with Gasteiger partial charge in [-0.1, -0.05) is 30.3 Å². The Bertz CT molecular complexity index is 965. The number of carbonyl (C=O) groups is 2. The molecule has 3 rings (SSSR count). The van der Waals surface area contributed by atoms with Crippen molar-refractivity contribution < 1.29 is 19.1 Å². The first kappa shape index (κ1) is 20.1. The minimum Gasteiger partial charge on any atom is -0.489 e. The molecule has 0 atom stereocenters. The van der Waals surface area contributed by atoms with Crippen molar-refractivity contribution in [2.45, 2.75) is 19.4 Å². The van der Waals surface area contributed by atoms with Gasteiger partial charge in [0.25, 0.3) is 0 Å². The van der Waals surface area contributed by atoms with Crippen LogP contribution in [-0.4, -0.2) is 28.0 Å². The molecule has 0 radical (unpaired) electrons. The highest BCUT2D eigenvalue weighted by Gasteiger charge is 2.15. The zero-order chi connectivity index (χ0) is 20.6. The van der Waals surface area contributed by atoms with Crippen LogP contribution in [0.2, 0.25) is 0 Å². The summed E-state index contributed by atoms with van der Waals surface area (Å²) in [5.41, 5.74) is 7.77. The fraction of sp³-hybridized carbons (Fsp3) is 0.227. The van der Waals surface area contributed by atoms with E-state index in [1.165, 1.54) is 0 Å². The fourth-order valence-electron chi connectivity index (χ4n) is 2.92. The Kier molecular flexibility index (Phi) is 6.63. The molecule has 0 saturated heterocycles. The van der Waals surface area contributed by atoms with Crippen LogP contribution in [0.25, 0.3) is 11.3 Å². The van der Waals surface area contributed by atoms with Gasteiger partial charge in [-0.2, -0.15) is 0 Å². The number of primary amides is 1. The fourth-order valence-corrected chi connectivity index (χ4v) is 2.92. The van der Waals surface area contributed by atoms with Crippen LogP contribution < -0.4 is 10.5 Å². The molecule has 1 amide bonds. The Morgan fingerprint density at radius 2 is 1.79 bits per heavy atom. The number of nitrogens with two attached hydrogens (primary N) is 1. The monoisotopic (exact) mass is 393 g/mol. The lowest BCUT2D eigenvalue weighted by atomic mass is 10.1. The first-order valence-corrected chi connectivity index (χ1v) is 9.29. The van der Waals surface area contributed by atoms with Crippen molar-refractivity contribution in [2.75, 3.05) is 6.61 Å². The quantitative estimate of drug-likeness (QED) is 0.441. The normalized spacial score (nSPS) is 10.5. The third kappa shape index (κ3) is 5.44. The van der Waals surface area contributed by atoms with Crippen molar-refractivity contribution in [2.24, 2.45) is 12.8 Å². The highest BCUT2D eigenvalue weighted by Crippen LogP contribution is 2.24. The van der Waals surface area contributed by atoms with Gasteiger partial charge in [-0.15, -0.1) is 0 Å². The summed E-state index contributed by atoms with van der Waals surface area (Å²) < 4.78 is 12.2. The van der Waals surface area contributed by atoms with E-state index in [0.29, 0.717) is 18.9 Å². The van der Waals surface area contributed by atoms with Crippen molar-refractivity contribution in [3.63, 3.8) is 0 Å². The van der Waals surface area contributed by atoms with Gasteiger partial charge >= 0.3 is 6.09 Å². The summed E-state index contributed by atoms with van der Waals surface area (Å²) in [6, 6.07) is 17.6. The Hall–Kier alpha value is -3.61. The van der Waals surface area contributed by atoms with Crippen LogP contribution in [0.3, 0.4) is 0 Å². The first-order chi connectivity index (χ1) is 14.0. The molecule has 0 aliphatic heterocycles. The van der Waals surface area contributed by atoms with Crippen molar-refractivity contribution in [3.8, 4) is 17.0 Å². The summed E-state index contributed by atoms with van der Waals surface area (Å²) in [7, 11) is 1.80. The average molecular weight is 393 g/mol. The highest BCUT2D eigenvalue weighted by atomic mass is 16.5. The molecule has 2 N–H and O–H groups in total. The van der Waals surface area contributed by atoms with E-state index in [2.05, 4.69) is 9.72 Å². The van der Waals surface area contributed by atoms with Crippen molar-refractivity contribution in [1.29, 1.82) is 0 Å². The second-order valence-corrected chi connectivity index (χ2v) is 6.52. The molecule has 0 fully saturated rings. The first-order valence-electron chi connectivity index (χ1n) is 9.29. The summed E-state index contributed by atoms with van der Waals surface area (Å²) in [6.07, 6.45) is 1.46. The number of imidazole rings is 1. The van der Waals surface area contributed by atoms with Gasteiger partial charge in [-0.3, -0.25) is 4.79 Å². The van der Waals surface area contributed by atoms with E-state index in [9.17, 15) is 9.59 Å². The van der Waals surface area contributed by atoms with Crippen LogP contribution in [0, 0.1) is 0 Å². The molecule has 150 valence electrons. The molecule has 0 aliphatic carbocycles. The number of rotatable bonds is 9.